The Morgan fingerprint density at radius 2 is 1.72 bits per heavy atom. The first-order valence-electron chi connectivity index (χ1n) is 14.7. The van der Waals surface area contributed by atoms with Crippen molar-refractivity contribution in [3.8, 4) is 17.2 Å². The van der Waals surface area contributed by atoms with Crippen LogP contribution in [0, 0.1) is 0 Å². The highest BCUT2D eigenvalue weighted by Gasteiger charge is 2.34. The summed E-state index contributed by atoms with van der Waals surface area (Å²) in [4.78, 5) is 32.9. The molecule has 1 atom stereocenters. The van der Waals surface area contributed by atoms with Crippen LogP contribution in [-0.2, 0) is 16.1 Å². The maximum Gasteiger partial charge on any atom is 0.338 e. The Labute approximate surface area is 284 Å². The molecule has 3 aromatic carbocycles. The van der Waals surface area contributed by atoms with Crippen molar-refractivity contribution < 1.29 is 23.7 Å². The van der Waals surface area contributed by atoms with Gasteiger partial charge in [0.1, 0.15) is 0 Å². The van der Waals surface area contributed by atoms with Crippen LogP contribution in [0.5, 0.6) is 17.2 Å². The molecule has 0 unspecified atom stereocenters. The second kappa shape index (κ2) is 13.3. The van der Waals surface area contributed by atoms with Crippen molar-refractivity contribution in [3.63, 3.8) is 0 Å². The molecule has 0 fully saturated rings. The second-order valence-corrected chi connectivity index (χ2v) is 12.6. The summed E-state index contributed by atoms with van der Waals surface area (Å²) in [6.07, 6.45) is 3.88. The SMILES string of the molecule is CCOC(=O)C1=C(C)N=c2s/c(=C\c3cn(Cc4ccc(Cl)c(Cl)c4)c4ccccc34)c(=O)n2[C@H]1c1cc(OC)c(OC)c(OC)c1. The summed E-state index contributed by atoms with van der Waals surface area (Å²) < 4.78 is 26.3. The van der Waals surface area contributed by atoms with Crippen LogP contribution < -0.4 is 29.1 Å². The highest BCUT2D eigenvalue weighted by molar-refractivity contribution is 7.07. The fourth-order valence-electron chi connectivity index (χ4n) is 5.86. The molecule has 6 rings (SSSR count). The molecule has 1 aliphatic rings. The summed E-state index contributed by atoms with van der Waals surface area (Å²) in [6, 6.07) is 16.2. The first-order valence-corrected chi connectivity index (χ1v) is 16.3. The van der Waals surface area contributed by atoms with E-state index in [4.69, 9.17) is 47.1 Å². The van der Waals surface area contributed by atoms with Crippen molar-refractivity contribution >= 4 is 57.5 Å². The smallest absolute Gasteiger partial charge is 0.338 e. The number of rotatable bonds is 9. The molecule has 1 aliphatic heterocycles. The van der Waals surface area contributed by atoms with Gasteiger partial charge in [-0.05, 0) is 61.4 Å². The highest BCUT2D eigenvalue weighted by atomic mass is 35.5. The van der Waals surface area contributed by atoms with Crippen LogP contribution in [-0.4, -0.2) is 43.0 Å². The Hall–Kier alpha value is -4.51. The molecule has 3 heterocycles. The number of thiazole rings is 1. The third-order valence-electron chi connectivity index (χ3n) is 7.96. The zero-order valence-corrected chi connectivity index (χ0v) is 28.6. The van der Waals surface area contributed by atoms with Gasteiger partial charge in [-0.25, -0.2) is 9.79 Å². The quantitative estimate of drug-likeness (QED) is 0.173. The van der Waals surface area contributed by atoms with Gasteiger partial charge in [0.05, 0.1) is 59.8 Å². The maximum atomic E-state index is 14.4. The Morgan fingerprint density at radius 3 is 2.38 bits per heavy atom. The van der Waals surface area contributed by atoms with Gasteiger partial charge in [0.15, 0.2) is 16.3 Å². The fourth-order valence-corrected chi connectivity index (χ4v) is 7.22. The number of aromatic nitrogens is 2. The molecule has 0 saturated carbocycles. The summed E-state index contributed by atoms with van der Waals surface area (Å²) in [5, 5.41) is 1.96. The number of para-hydroxylation sites is 1. The van der Waals surface area contributed by atoms with E-state index in [1.165, 1.54) is 37.2 Å². The third-order valence-corrected chi connectivity index (χ3v) is 9.68. The summed E-state index contributed by atoms with van der Waals surface area (Å²) in [5.41, 5.74) is 3.81. The first-order chi connectivity index (χ1) is 22.7. The van der Waals surface area contributed by atoms with Crippen molar-refractivity contribution in [2.75, 3.05) is 27.9 Å². The predicted molar refractivity (Wildman–Crippen MR) is 184 cm³/mol. The molecule has 0 spiro atoms. The van der Waals surface area contributed by atoms with Crippen LogP contribution in [0.15, 0.2) is 81.9 Å². The van der Waals surface area contributed by atoms with E-state index in [-0.39, 0.29) is 17.7 Å². The normalized spacial score (nSPS) is 14.6. The van der Waals surface area contributed by atoms with Crippen LogP contribution >= 0.6 is 34.5 Å². The number of hydrogen-bond donors (Lipinski definition) is 0. The van der Waals surface area contributed by atoms with Crippen molar-refractivity contribution in [1.82, 2.24) is 9.13 Å². The number of allylic oxidation sites excluding steroid dienone is 1. The van der Waals surface area contributed by atoms with Crippen LogP contribution in [0.2, 0.25) is 10.0 Å². The molecular formula is C35H31Cl2N3O6S. The van der Waals surface area contributed by atoms with Gasteiger partial charge in [-0.2, -0.15) is 0 Å². The number of fused-ring (bicyclic) bond motifs is 2. The molecule has 0 aliphatic carbocycles. The van der Waals surface area contributed by atoms with Gasteiger partial charge in [-0.3, -0.25) is 9.36 Å². The molecule has 5 aromatic rings. The lowest BCUT2D eigenvalue weighted by atomic mass is 9.95. The van der Waals surface area contributed by atoms with Gasteiger partial charge < -0.3 is 23.5 Å². The molecule has 0 radical (unpaired) electrons. The Morgan fingerprint density at radius 1 is 1.00 bits per heavy atom. The van der Waals surface area contributed by atoms with E-state index in [2.05, 4.69) is 4.57 Å². The van der Waals surface area contributed by atoms with E-state index < -0.39 is 12.0 Å². The minimum atomic E-state index is -0.864. The maximum absolute atomic E-state index is 14.4. The molecule has 2 aromatic heterocycles. The van der Waals surface area contributed by atoms with Crippen molar-refractivity contribution in [3.05, 3.63) is 118 Å². The van der Waals surface area contributed by atoms with Crippen LogP contribution in [0.1, 0.15) is 36.6 Å². The molecule has 47 heavy (non-hydrogen) atoms. The Bertz CT molecular complexity index is 2230. The molecule has 0 bridgehead atoms. The number of ether oxygens (including phenoxy) is 4. The summed E-state index contributed by atoms with van der Waals surface area (Å²) in [6.45, 7) is 4.18. The van der Waals surface area contributed by atoms with E-state index in [1.807, 2.05) is 48.7 Å². The van der Waals surface area contributed by atoms with Crippen LogP contribution in [0.4, 0.5) is 0 Å². The monoisotopic (exact) mass is 691 g/mol. The van der Waals surface area contributed by atoms with E-state index in [0.29, 0.717) is 54.4 Å². The number of nitrogens with zero attached hydrogens (tertiary/aromatic N) is 3. The largest absolute Gasteiger partial charge is 0.493 e. The average molecular weight is 693 g/mol. The number of carbonyl (C=O) groups excluding carboxylic acids is 1. The highest BCUT2D eigenvalue weighted by Crippen LogP contribution is 2.42. The zero-order valence-electron chi connectivity index (χ0n) is 26.3. The Balaban J connectivity index is 1.54. The average Bonchev–Trinajstić information content (AvgIpc) is 3.57. The van der Waals surface area contributed by atoms with Crippen molar-refractivity contribution in [2.45, 2.75) is 26.4 Å². The number of benzene rings is 3. The van der Waals surface area contributed by atoms with E-state index in [9.17, 15) is 9.59 Å². The zero-order chi connectivity index (χ0) is 33.4. The summed E-state index contributed by atoms with van der Waals surface area (Å²) >= 11 is 13.7. The van der Waals surface area contributed by atoms with Crippen LogP contribution in [0.25, 0.3) is 17.0 Å². The number of methoxy groups -OCH3 is 3. The molecular weight excluding hydrogens is 661 g/mol. The van der Waals surface area contributed by atoms with Gasteiger partial charge in [0.25, 0.3) is 5.56 Å². The van der Waals surface area contributed by atoms with E-state index in [1.54, 1.807) is 32.0 Å². The van der Waals surface area contributed by atoms with Crippen LogP contribution in [0.3, 0.4) is 0 Å². The number of carbonyl (C=O) groups is 1. The number of halogens is 2. The molecule has 9 nitrogen and oxygen atoms in total. The molecule has 12 heteroatoms. The van der Waals surface area contributed by atoms with Gasteiger partial charge in [0.2, 0.25) is 5.75 Å². The lowest BCUT2D eigenvalue weighted by Crippen LogP contribution is -2.40. The lowest BCUT2D eigenvalue weighted by Gasteiger charge is -2.26. The predicted octanol–water partition coefficient (Wildman–Crippen LogP) is 6.13. The molecule has 242 valence electrons. The molecule has 0 saturated heterocycles. The Kier molecular flexibility index (Phi) is 9.18. The third kappa shape index (κ3) is 5.93. The minimum Gasteiger partial charge on any atom is -0.493 e. The topological polar surface area (TPSA) is 93.3 Å². The number of hydrogen-bond acceptors (Lipinski definition) is 8. The van der Waals surface area contributed by atoms with E-state index >= 15 is 0 Å². The first kappa shape index (κ1) is 32.4. The minimum absolute atomic E-state index is 0.161. The van der Waals surface area contributed by atoms with Crippen molar-refractivity contribution in [2.24, 2.45) is 4.99 Å². The standard InChI is InChI=1S/C35H31Cl2N3O6S/c1-6-46-34(42)30-19(2)38-35-40(31(30)21-14-27(43-3)32(45-5)28(15-21)44-4)33(41)29(47-35)16-22-18-39(26-10-8-7-9-23(22)26)17-20-11-12-24(36)25(37)13-20/h7-16,18,31H,6,17H2,1-5H3/b29-16-/t31-/m0/s1. The lowest BCUT2D eigenvalue weighted by molar-refractivity contribution is -0.139. The molecule has 0 N–H and O–H groups in total. The number of esters is 1. The van der Waals surface area contributed by atoms with Crippen molar-refractivity contribution in [1.29, 1.82) is 0 Å². The van der Waals surface area contributed by atoms with Gasteiger partial charge in [-0.15, -0.1) is 0 Å². The van der Waals surface area contributed by atoms with Gasteiger partial charge >= 0.3 is 5.97 Å². The van der Waals surface area contributed by atoms with Gasteiger partial charge in [-0.1, -0.05) is 58.8 Å². The summed E-state index contributed by atoms with van der Waals surface area (Å²) in [5.74, 6) is 0.599. The fraction of sp³-hybridized carbons (Fsp3) is 0.229. The second-order valence-electron chi connectivity index (χ2n) is 10.7. The van der Waals surface area contributed by atoms with Gasteiger partial charge in [0, 0.05) is 29.2 Å². The molecule has 0 amide bonds. The van der Waals surface area contributed by atoms with E-state index in [0.717, 1.165) is 22.0 Å². The summed E-state index contributed by atoms with van der Waals surface area (Å²) in [7, 11) is 4.54.